The molecule has 0 heterocycles. The average molecular weight is 373 g/mol. The Labute approximate surface area is 147 Å². The molecule has 1 rings (SSSR count). The molecule has 1 aromatic carbocycles. The van der Waals surface area contributed by atoms with Crippen LogP contribution in [0.1, 0.15) is 17.3 Å². The van der Waals surface area contributed by atoms with E-state index in [2.05, 4.69) is 14.8 Å². The van der Waals surface area contributed by atoms with Crippen molar-refractivity contribution in [2.24, 2.45) is 11.8 Å². The number of carboxylic acids is 1. The number of benzene rings is 1. The summed E-state index contributed by atoms with van der Waals surface area (Å²) in [6.07, 6.45) is 0. The van der Waals surface area contributed by atoms with E-state index in [0.29, 0.717) is 12.1 Å². The molecule has 0 bridgehead atoms. The molecule has 142 valence electrons. The molecular formula is C16H17F2NO7. The van der Waals surface area contributed by atoms with E-state index in [-0.39, 0.29) is 5.56 Å². The van der Waals surface area contributed by atoms with E-state index in [1.54, 1.807) is 0 Å². The third kappa shape index (κ3) is 4.74. The van der Waals surface area contributed by atoms with Crippen LogP contribution < -0.4 is 5.32 Å². The van der Waals surface area contributed by atoms with Gasteiger partial charge in [0.15, 0.2) is 17.6 Å². The molecule has 0 aliphatic rings. The van der Waals surface area contributed by atoms with Crippen LogP contribution in [0.2, 0.25) is 0 Å². The van der Waals surface area contributed by atoms with E-state index in [4.69, 9.17) is 0 Å². The molecule has 0 fully saturated rings. The molecule has 2 atom stereocenters. The van der Waals surface area contributed by atoms with E-state index in [9.17, 15) is 33.1 Å². The van der Waals surface area contributed by atoms with Crippen LogP contribution in [0.4, 0.5) is 8.78 Å². The van der Waals surface area contributed by atoms with Gasteiger partial charge in [-0.15, -0.1) is 0 Å². The van der Waals surface area contributed by atoms with Gasteiger partial charge in [-0.05, 0) is 18.2 Å². The van der Waals surface area contributed by atoms with Crippen LogP contribution in [-0.2, 0) is 23.9 Å². The maximum atomic E-state index is 13.2. The highest BCUT2D eigenvalue weighted by Gasteiger charge is 2.42. The lowest BCUT2D eigenvalue weighted by Gasteiger charge is -2.26. The summed E-state index contributed by atoms with van der Waals surface area (Å²) in [4.78, 5) is 47.2. The van der Waals surface area contributed by atoms with Gasteiger partial charge in [-0.1, -0.05) is 6.92 Å². The number of nitrogens with one attached hydrogen (secondary N) is 1. The molecule has 1 aromatic rings. The van der Waals surface area contributed by atoms with Crippen LogP contribution in [0, 0.1) is 23.5 Å². The van der Waals surface area contributed by atoms with Gasteiger partial charge in [0.05, 0.1) is 14.2 Å². The normalized spacial score (nSPS) is 12.8. The Morgan fingerprint density at radius 3 is 2.00 bits per heavy atom. The van der Waals surface area contributed by atoms with Crippen molar-refractivity contribution in [3.05, 3.63) is 35.4 Å². The minimum atomic E-state index is -1.71. The predicted molar refractivity (Wildman–Crippen MR) is 81.9 cm³/mol. The van der Waals surface area contributed by atoms with Crippen molar-refractivity contribution in [1.29, 1.82) is 0 Å². The van der Waals surface area contributed by atoms with Gasteiger partial charge in [-0.3, -0.25) is 14.4 Å². The maximum absolute atomic E-state index is 13.2. The van der Waals surface area contributed by atoms with E-state index in [0.717, 1.165) is 20.3 Å². The summed E-state index contributed by atoms with van der Waals surface area (Å²) in [6, 6.07) is 0.538. The van der Waals surface area contributed by atoms with Gasteiger partial charge < -0.3 is 19.9 Å². The number of hydrogen-bond acceptors (Lipinski definition) is 6. The third-order valence-corrected chi connectivity index (χ3v) is 3.70. The summed E-state index contributed by atoms with van der Waals surface area (Å²) in [7, 11) is 2.00. The molecule has 0 aliphatic heterocycles. The number of esters is 2. The summed E-state index contributed by atoms with van der Waals surface area (Å²) in [6.45, 7) is 1.23. The minimum Gasteiger partial charge on any atom is -0.480 e. The summed E-state index contributed by atoms with van der Waals surface area (Å²) >= 11 is 0. The first kappa shape index (κ1) is 21.0. The van der Waals surface area contributed by atoms with Gasteiger partial charge >= 0.3 is 17.9 Å². The number of rotatable bonds is 7. The fourth-order valence-electron chi connectivity index (χ4n) is 2.25. The molecule has 0 aromatic heterocycles. The van der Waals surface area contributed by atoms with Gasteiger partial charge in [-0.2, -0.15) is 0 Å². The SMILES string of the molecule is COC(=O)C(C(=O)OC)[C@H](C)[C@H](NC(=O)c1ccc(F)c(F)c1)C(=O)O. The molecule has 0 spiro atoms. The Morgan fingerprint density at radius 2 is 1.58 bits per heavy atom. The summed E-state index contributed by atoms with van der Waals surface area (Å²) in [5.74, 6) is -10.0. The molecule has 0 aliphatic carbocycles. The zero-order valence-electron chi connectivity index (χ0n) is 14.1. The van der Waals surface area contributed by atoms with Crippen LogP contribution in [0.25, 0.3) is 0 Å². The summed E-state index contributed by atoms with van der Waals surface area (Å²) in [5.41, 5.74) is -0.338. The van der Waals surface area contributed by atoms with Crippen LogP contribution in [0.5, 0.6) is 0 Å². The Balaban J connectivity index is 3.11. The van der Waals surface area contributed by atoms with Gasteiger partial charge in [-0.25, -0.2) is 13.6 Å². The summed E-state index contributed by atoms with van der Waals surface area (Å²) < 4.78 is 35.1. The minimum absolute atomic E-state index is 0.338. The van der Waals surface area contributed by atoms with Crippen LogP contribution in [0.15, 0.2) is 18.2 Å². The van der Waals surface area contributed by atoms with Crippen molar-refractivity contribution < 1.29 is 42.5 Å². The molecule has 26 heavy (non-hydrogen) atoms. The van der Waals surface area contributed by atoms with E-state index >= 15 is 0 Å². The summed E-state index contributed by atoms with van der Waals surface area (Å²) in [5, 5.41) is 11.4. The first-order valence-corrected chi connectivity index (χ1v) is 7.28. The Kier molecular flexibility index (Phi) is 7.17. The highest BCUT2D eigenvalue weighted by Crippen LogP contribution is 2.20. The predicted octanol–water partition coefficient (Wildman–Crippen LogP) is 0.746. The first-order valence-electron chi connectivity index (χ1n) is 7.28. The molecule has 10 heteroatoms. The lowest BCUT2D eigenvalue weighted by molar-refractivity contribution is -0.162. The zero-order chi connectivity index (χ0) is 20.0. The fourth-order valence-corrected chi connectivity index (χ4v) is 2.25. The number of ether oxygens (including phenoxy) is 2. The van der Waals surface area contributed by atoms with E-state index in [1.807, 2.05) is 0 Å². The van der Waals surface area contributed by atoms with E-state index in [1.165, 1.54) is 6.92 Å². The monoisotopic (exact) mass is 373 g/mol. The highest BCUT2D eigenvalue weighted by molar-refractivity contribution is 5.98. The smallest absolute Gasteiger partial charge is 0.326 e. The van der Waals surface area contributed by atoms with Crippen molar-refractivity contribution >= 4 is 23.8 Å². The maximum Gasteiger partial charge on any atom is 0.326 e. The molecule has 0 saturated heterocycles. The second-order valence-corrected chi connectivity index (χ2v) is 5.30. The van der Waals surface area contributed by atoms with Crippen molar-refractivity contribution in [3.8, 4) is 0 Å². The molecule has 0 radical (unpaired) electrons. The number of carboxylic acid groups (broad SMARTS) is 1. The number of hydrogen-bond donors (Lipinski definition) is 2. The van der Waals surface area contributed by atoms with E-state index < -0.39 is 53.3 Å². The number of methoxy groups -OCH3 is 2. The van der Waals surface area contributed by atoms with Crippen molar-refractivity contribution in [2.45, 2.75) is 13.0 Å². The van der Waals surface area contributed by atoms with Crippen LogP contribution >= 0.6 is 0 Å². The second kappa shape index (κ2) is 8.88. The Morgan fingerprint density at radius 1 is 1.04 bits per heavy atom. The molecule has 2 N–H and O–H groups in total. The van der Waals surface area contributed by atoms with Crippen molar-refractivity contribution in [3.63, 3.8) is 0 Å². The van der Waals surface area contributed by atoms with Gasteiger partial charge in [0.25, 0.3) is 5.91 Å². The number of halogens is 2. The second-order valence-electron chi connectivity index (χ2n) is 5.30. The topological polar surface area (TPSA) is 119 Å². The average Bonchev–Trinajstić information content (AvgIpc) is 2.60. The fraction of sp³-hybridized carbons (Fsp3) is 0.375. The highest BCUT2D eigenvalue weighted by atomic mass is 19.2. The Bertz CT molecular complexity index is 707. The lowest BCUT2D eigenvalue weighted by Crippen LogP contribution is -2.50. The molecule has 0 unspecified atom stereocenters. The number of carbonyl (C=O) groups excluding carboxylic acids is 3. The lowest BCUT2D eigenvalue weighted by atomic mass is 9.87. The molecule has 1 amide bonds. The van der Waals surface area contributed by atoms with Crippen LogP contribution in [0.3, 0.4) is 0 Å². The van der Waals surface area contributed by atoms with Gasteiger partial charge in [0.1, 0.15) is 6.04 Å². The molecule has 8 nitrogen and oxygen atoms in total. The standard InChI is InChI=1S/C16H17F2NO7/c1-7(11(15(23)25-2)16(24)26-3)12(14(21)22)19-13(20)8-4-5-9(17)10(18)6-8/h4-7,11-12H,1-3H3,(H,19,20)(H,21,22)/t7-,12-/m0/s1. The molecule has 0 saturated carbocycles. The van der Waals surface area contributed by atoms with Crippen molar-refractivity contribution in [2.75, 3.05) is 14.2 Å². The number of amides is 1. The molecular weight excluding hydrogens is 356 g/mol. The zero-order valence-corrected chi connectivity index (χ0v) is 14.1. The van der Waals surface area contributed by atoms with Gasteiger partial charge in [0.2, 0.25) is 0 Å². The largest absolute Gasteiger partial charge is 0.480 e. The quantitative estimate of drug-likeness (QED) is 0.535. The van der Waals surface area contributed by atoms with Gasteiger partial charge in [0, 0.05) is 11.5 Å². The van der Waals surface area contributed by atoms with Crippen molar-refractivity contribution in [1.82, 2.24) is 5.32 Å². The number of aliphatic carboxylic acids is 1. The first-order chi connectivity index (χ1) is 12.1. The Hall–Kier alpha value is -3.04. The van der Waals surface area contributed by atoms with Crippen LogP contribution in [-0.4, -0.2) is 49.2 Å². The number of carbonyl (C=O) groups is 4. The third-order valence-electron chi connectivity index (χ3n) is 3.70.